The molecule has 0 fully saturated rings. The van der Waals surface area contributed by atoms with Gasteiger partial charge in [0.25, 0.3) is 0 Å². The molecule has 216 valence electrons. The Morgan fingerprint density at radius 1 is 0.619 bits per heavy atom. The Morgan fingerprint density at radius 3 is 1.29 bits per heavy atom. The molecule has 0 aliphatic heterocycles. The second-order valence-electron chi connectivity index (χ2n) is 10.3. The van der Waals surface area contributed by atoms with Gasteiger partial charge in [-0.1, -0.05) is 93.2 Å². The number of benzene rings is 4. The molecule has 6 aromatic rings. The molecule has 0 heterocycles. The molecule has 0 bridgehead atoms. The average Bonchev–Trinajstić information content (AvgIpc) is 3.63. The molecule has 0 radical (unpaired) electrons. The van der Waals surface area contributed by atoms with Crippen LogP contribution in [0.5, 0.6) is 0 Å². The van der Waals surface area contributed by atoms with Gasteiger partial charge >= 0.3 is 53.5 Å². The van der Waals surface area contributed by atoms with E-state index in [9.17, 15) is 0 Å². The van der Waals surface area contributed by atoms with Crippen molar-refractivity contribution in [3.8, 4) is 22.3 Å². The molecule has 0 amide bonds. The molecule has 0 spiro atoms. The first-order valence-corrected chi connectivity index (χ1v) is 28.2. The van der Waals surface area contributed by atoms with Crippen LogP contribution in [0.3, 0.4) is 0 Å². The van der Waals surface area contributed by atoms with Gasteiger partial charge in [-0.2, -0.15) is 12.1 Å². The van der Waals surface area contributed by atoms with Gasteiger partial charge in [0.05, 0.1) is 0 Å². The fraction of sp³-hybridized carbons (Fsp3) is 0.167. The van der Waals surface area contributed by atoms with Gasteiger partial charge in [-0.15, -0.1) is 69.1 Å². The molecular weight excluding hydrogens is 782 g/mol. The van der Waals surface area contributed by atoms with Gasteiger partial charge in [0, 0.05) is 8.95 Å². The number of fused-ring (bicyclic) bond motifs is 2. The summed E-state index contributed by atoms with van der Waals surface area (Å²) in [4.78, 5) is 0. The molecule has 0 unspecified atom stereocenters. The van der Waals surface area contributed by atoms with Crippen LogP contribution < -0.4 is 0 Å². The van der Waals surface area contributed by atoms with Gasteiger partial charge < -0.3 is 0 Å². The number of aryl methyl sites for hydroxylation is 2. The second-order valence-corrected chi connectivity index (χ2v) is 35.1. The van der Waals surface area contributed by atoms with Gasteiger partial charge in [-0.25, -0.2) is 0 Å². The number of hydrogen-bond donors (Lipinski definition) is 0. The Morgan fingerprint density at radius 2 is 0.976 bits per heavy atom. The van der Waals surface area contributed by atoms with E-state index in [4.69, 9.17) is 17.0 Å². The summed E-state index contributed by atoms with van der Waals surface area (Å²) in [5.74, 6) is 0. The zero-order chi connectivity index (χ0) is 30.2. The van der Waals surface area contributed by atoms with Crippen molar-refractivity contribution in [2.45, 2.75) is 39.8 Å². The molecule has 6 heteroatoms. The van der Waals surface area contributed by atoms with Crippen molar-refractivity contribution in [3.63, 3.8) is 0 Å². The molecule has 0 aromatic heterocycles. The van der Waals surface area contributed by atoms with Crippen LogP contribution >= 0.6 is 48.9 Å². The quantitative estimate of drug-likeness (QED) is 0.123. The molecule has 0 saturated heterocycles. The molecule has 6 rings (SSSR count). The monoisotopic (exact) mass is 812 g/mol. The number of rotatable bonds is 4. The van der Waals surface area contributed by atoms with Crippen molar-refractivity contribution in [2.24, 2.45) is 0 Å². The maximum absolute atomic E-state index is 5.62. The molecule has 0 N–H and O–H groups in total. The molecular formula is C36H34Br2Cl2SiZr-2. The molecule has 0 saturated carbocycles. The van der Waals surface area contributed by atoms with Crippen molar-refractivity contribution in [1.82, 2.24) is 0 Å². The van der Waals surface area contributed by atoms with Crippen molar-refractivity contribution in [2.75, 3.05) is 0 Å². The Kier molecular flexibility index (Phi) is 12.9. The molecule has 0 aliphatic rings. The third-order valence-electron chi connectivity index (χ3n) is 7.13. The fourth-order valence-electron chi connectivity index (χ4n) is 4.76. The van der Waals surface area contributed by atoms with Crippen molar-refractivity contribution < 1.29 is 18.0 Å². The predicted molar refractivity (Wildman–Crippen MR) is 193 cm³/mol. The van der Waals surface area contributed by atoms with Gasteiger partial charge in [0.2, 0.25) is 0 Å². The van der Waals surface area contributed by atoms with E-state index in [0.717, 1.165) is 21.8 Å². The standard InChI is InChI=1S/2C17H14Br.C2H6Si.2ClH.Zr/c2*1-2-12-10-14-4-3-5-16(17(14)11-12)13-6-8-15(18)9-7-13;1-3-2;;;/h2*3-11H,2H2,1H3;1-2H3;2*1H;/q2*-1;;;;+2/p-2. The van der Waals surface area contributed by atoms with Gasteiger partial charge in [0.15, 0.2) is 0 Å². The van der Waals surface area contributed by atoms with Crippen LogP contribution in [0.25, 0.3) is 43.8 Å². The number of hydrogen-bond acceptors (Lipinski definition) is 0. The third kappa shape index (κ3) is 8.90. The summed E-state index contributed by atoms with van der Waals surface area (Å²) < 4.78 is 2.24. The summed E-state index contributed by atoms with van der Waals surface area (Å²) in [6, 6.07) is 39.3. The molecule has 42 heavy (non-hydrogen) atoms. The Bertz CT molecular complexity index is 1660. The van der Waals surface area contributed by atoms with Gasteiger partial charge in [0.1, 0.15) is 0 Å². The fourth-order valence-corrected chi connectivity index (χ4v) is 5.29. The third-order valence-corrected chi connectivity index (χ3v) is 27.9. The van der Waals surface area contributed by atoms with E-state index >= 15 is 0 Å². The van der Waals surface area contributed by atoms with E-state index in [2.05, 4.69) is 168 Å². The van der Waals surface area contributed by atoms with Crippen LogP contribution in [0.4, 0.5) is 0 Å². The van der Waals surface area contributed by atoms with Crippen LogP contribution in [0.2, 0.25) is 13.1 Å². The minimum atomic E-state index is -1.65. The second kappa shape index (κ2) is 16.2. The van der Waals surface area contributed by atoms with E-state index in [-0.39, 0.29) is 5.43 Å². The van der Waals surface area contributed by atoms with Crippen LogP contribution in [0.1, 0.15) is 25.0 Å². The summed E-state index contributed by atoms with van der Waals surface area (Å²) >= 11 is 5.31. The van der Waals surface area contributed by atoms with Crippen LogP contribution in [-0.2, 0) is 30.8 Å². The average molecular weight is 817 g/mol. The van der Waals surface area contributed by atoms with E-state index in [1.807, 2.05) is 0 Å². The topological polar surface area (TPSA) is 0 Å². The molecule has 0 atom stereocenters. The zero-order valence-electron chi connectivity index (χ0n) is 24.3. The van der Waals surface area contributed by atoms with Crippen LogP contribution in [-0.4, -0.2) is 5.43 Å². The van der Waals surface area contributed by atoms with E-state index in [0.29, 0.717) is 0 Å². The molecule has 6 aromatic carbocycles. The SMILES string of the molecule is CCc1cc2c(-c3ccc(Br)cc3)cccc2[cH-]1.CCc1cc2c(-c3ccc(Br)cc3)cccc2[cH-]1.C[Si](C)=[Zr]([Cl])[Cl]. The Hall–Kier alpha value is -1.26. The summed E-state index contributed by atoms with van der Waals surface area (Å²) in [5, 5.41) is 5.40. The first kappa shape index (κ1) is 33.6. The van der Waals surface area contributed by atoms with Gasteiger partial charge in [-0.3, -0.25) is 0 Å². The minimum absolute atomic E-state index is 0.224. The Balaban J connectivity index is 0.000000162. The summed E-state index contributed by atoms with van der Waals surface area (Å²) in [6.07, 6.45) is 2.18. The summed E-state index contributed by atoms with van der Waals surface area (Å²) in [6.45, 7) is 8.74. The molecule has 0 nitrogen and oxygen atoms in total. The normalized spacial score (nSPS) is 10.6. The van der Waals surface area contributed by atoms with Gasteiger partial charge in [-0.05, 0) is 48.2 Å². The van der Waals surface area contributed by atoms with E-state index in [1.165, 1.54) is 54.9 Å². The first-order chi connectivity index (χ1) is 20.2. The van der Waals surface area contributed by atoms with Crippen molar-refractivity contribution in [3.05, 3.63) is 129 Å². The van der Waals surface area contributed by atoms with Crippen LogP contribution in [0.15, 0.2) is 118 Å². The maximum atomic E-state index is 5.62. The summed E-state index contributed by atoms with van der Waals surface area (Å²) in [7, 11) is 11.2. The van der Waals surface area contributed by atoms with Crippen molar-refractivity contribution >= 4 is 75.9 Å². The van der Waals surface area contributed by atoms with Crippen molar-refractivity contribution in [1.29, 1.82) is 0 Å². The van der Waals surface area contributed by atoms with E-state index < -0.39 is 18.0 Å². The first-order valence-electron chi connectivity index (χ1n) is 14.1. The Labute approximate surface area is 282 Å². The number of halogens is 4. The molecule has 0 aliphatic carbocycles. The van der Waals surface area contributed by atoms with E-state index in [1.54, 1.807) is 0 Å². The summed E-state index contributed by atoms with van der Waals surface area (Å²) in [5.41, 5.74) is 7.79. The van der Waals surface area contributed by atoms with Crippen LogP contribution in [0, 0.1) is 0 Å². The predicted octanol–water partition coefficient (Wildman–Crippen LogP) is 13.3. The zero-order valence-corrected chi connectivity index (χ0v) is 32.5.